The van der Waals surface area contributed by atoms with Crippen LogP contribution in [0.2, 0.25) is 0 Å². The van der Waals surface area contributed by atoms with Crippen LogP contribution in [-0.4, -0.2) is 5.11 Å². The smallest absolute Gasteiger partial charge is 0.159 e. The second kappa shape index (κ2) is 4.78. The van der Waals surface area contributed by atoms with Crippen LogP contribution >= 0.6 is 0 Å². The zero-order chi connectivity index (χ0) is 12.3. The Morgan fingerprint density at radius 2 is 1.35 bits per heavy atom. The molecule has 17 heavy (non-hydrogen) atoms. The first kappa shape index (κ1) is 11.3. The fourth-order valence-electron chi connectivity index (χ4n) is 1.39. The van der Waals surface area contributed by atoms with Gasteiger partial charge in [-0.05, 0) is 35.4 Å². The number of benzene rings is 2. The summed E-state index contributed by atoms with van der Waals surface area (Å²) in [6.45, 7) is 0. The van der Waals surface area contributed by atoms with Gasteiger partial charge in [0.05, 0.1) is 0 Å². The molecular weight excluding hydrogens is 222 g/mol. The van der Waals surface area contributed by atoms with Crippen LogP contribution in [-0.2, 0) is 0 Å². The molecular formula is C14H10F2O. The van der Waals surface area contributed by atoms with Crippen molar-refractivity contribution in [2.45, 2.75) is 0 Å². The fourth-order valence-corrected chi connectivity index (χ4v) is 1.39. The van der Waals surface area contributed by atoms with Crippen molar-refractivity contribution in [1.82, 2.24) is 0 Å². The molecule has 0 amide bonds. The van der Waals surface area contributed by atoms with E-state index in [-0.39, 0.29) is 5.75 Å². The predicted octanol–water partition coefficient (Wildman–Crippen LogP) is 3.84. The third-order valence-electron chi connectivity index (χ3n) is 2.30. The first-order chi connectivity index (χ1) is 8.15. The minimum Gasteiger partial charge on any atom is -0.508 e. The van der Waals surface area contributed by atoms with E-state index in [4.69, 9.17) is 5.11 Å². The molecule has 0 unspecified atom stereocenters. The molecule has 1 N–H and O–H groups in total. The number of phenols is 1. The van der Waals surface area contributed by atoms with Crippen molar-refractivity contribution in [2.24, 2.45) is 0 Å². The minimum atomic E-state index is -0.863. The van der Waals surface area contributed by atoms with Gasteiger partial charge in [-0.25, -0.2) is 8.78 Å². The summed E-state index contributed by atoms with van der Waals surface area (Å²) in [4.78, 5) is 0. The molecule has 0 aliphatic heterocycles. The largest absolute Gasteiger partial charge is 0.508 e. The average Bonchev–Trinajstić information content (AvgIpc) is 2.33. The molecule has 0 aliphatic carbocycles. The van der Waals surface area contributed by atoms with Gasteiger partial charge in [-0.15, -0.1) is 0 Å². The summed E-state index contributed by atoms with van der Waals surface area (Å²) < 4.78 is 25.6. The maximum Gasteiger partial charge on any atom is 0.159 e. The third kappa shape index (κ3) is 2.91. The van der Waals surface area contributed by atoms with E-state index in [2.05, 4.69) is 0 Å². The number of aromatic hydroxyl groups is 1. The van der Waals surface area contributed by atoms with Crippen molar-refractivity contribution in [3.8, 4) is 5.75 Å². The first-order valence-electron chi connectivity index (χ1n) is 5.07. The van der Waals surface area contributed by atoms with Crippen LogP contribution in [0, 0.1) is 11.6 Å². The van der Waals surface area contributed by atoms with Crippen LogP contribution in [0.5, 0.6) is 5.75 Å². The minimum absolute atomic E-state index is 0.190. The second-order valence-corrected chi connectivity index (χ2v) is 3.60. The van der Waals surface area contributed by atoms with Gasteiger partial charge < -0.3 is 5.11 Å². The number of hydrogen-bond acceptors (Lipinski definition) is 1. The quantitative estimate of drug-likeness (QED) is 0.780. The lowest BCUT2D eigenvalue weighted by atomic mass is 10.1. The highest BCUT2D eigenvalue weighted by Gasteiger charge is 1.99. The van der Waals surface area contributed by atoms with Crippen LogP contribution in [0.25, 0.3) is 12.2 Å². The van der Waals surface area contributed by atoms with E-state index in [1.54, 1.807) is 36.4 Å². The SMILES string of the molecule is Oc1ccc(/C=C/c2ccc(F)c(F)c2)cc1. The summed E-state index contributed by atoms with van der Waals surface area (Å²) in [6.07, 6.45) is 3.43. The lowest BCUT2D eigenvalue weighted by Crippen LogP contribution is -1.83. The second-order valence-electron chi connectivity index (χ2n) is 3.60. The normalized spacial score (nSPS) is 10.9. The molecule has 3 heteroatoms. The van der Waals surface area contributed by atoms with Crippen molar-refractivity contribution in [3.05, 3.63) is 65.2 Å². The Labute approximate surface area is 97.7 Å². The highest BCUT2D eigenvalue weighted by molar-refractivity contribution is 5.69. The van der Waals surface area contributed by atoms with Gasteiger partial charge in [0, 0.05) is 0 Å². The molecule has 0 fully saturated rings. The lowest BCUT2D eigenvalue weighted by molar-refractivity contribution is 0.475. The number of halogens is 2. The highest BCUT2D eigenvalue weighted by atomic mass is 19.2. The molecule has 1 nitrogen and oxygen atoms in total. The van der Waals surface area contributed by atoms with Crippen molar-refractivity contribution < 1.29 is 13.9 Å². The highest BCUT2D eigenvalue weighted by Crippen LogP contribution is 2.14. The number of phenolic OH excluding ortho intramolecular Hbond substituents is 1. The van der Waals surface area contributed by atoms with Crippen LogP contribution < -0.4 is 0 Å². The molecule has 0 aromatic heterocycles. The zero-order valence-corrected chi connectivity index (χ0v) is 8.90. The van der Waals surface area contributed by atoms with E-state index < -0.39 is 11.6 Å². The monoisotopic (exact) mass is 232 g/mol. The van der Waals surface area contributed by atoms with Gasteiger partial charge in [-0.3, -0.25) is 0 Å². The van der Waals surface area contributed by atoms with E-state index >= 15 is 0 Å². The summed E-state index contributed by atoms with van der Waals surface area (Å²) in [7, 11) is 0. The summed E-state index contributed by atoms with van der Waals surface area (Å²) in [6, 6.07) is 10.3. The Morgan fingerprint density at radius 1 is 0.765 bits per heavy atom. The Bertz CT molecular complexity index is 545. The van der Waals surface area contributed by atoms with Crippen LogP contribution in [0.1, 0.15) is 11.1 Å². The summed E-state index contributed by atoms with van der Waals surface area (Å²) in [5, 5.41) is 9.09. The maximum atomic E-state index is 12.9. The Hall–Kier alpha value is -2.16. The Morgan fingerprint density at radius 3 is 2.00 bits per heavy atom. The van der Waals surface area contributed by atoms with E-state index in [1.807, 2.05) is 0 Å². The van der Waals surface area contributed by atoms with Crippen LogP contribution in [0.4, 0.5) is 8.78 Å². The van der Waals surface area contributed by atoms with E-state index in [0.717, 1.165) is 17.7 Å². The average molecular weight is 232 g/mol. The van der Waals surface area contributed by atoms with Gasteiger partial charge in [0.1, 0.15) is 5.75 Å². The Balaban J connectivity index is 2.20. The predicted molar refractivity (Wildman–Crippen MR) is 63.4 cm³/mol. The van der Waals surface area contributed by atoms with Gasteiger partial charge in [-0.2, -0.15) is 0 Å². The lowest BCUT2D eigenvalue weighted by Gasteiger charge is -1.96. The molecule has 0 saturated carbocycles. The van der Waals surface area contributed by atoms with Crippen LogP contribution in [0.15, 0.2) is 42.5 Å². The van der Waals surface area contributed by atoms with Gasteiger partial charge in [0.2, 0.25) is 0 Å². The van der Waals surface area contributed by atoms with Gasteiger partial charge in [-0.1, -0.05) is 30.4 Å². The molecule has 0 spiro atoms. The maximum absolute atomic E-state index is 12.9. The molecule has 2 rings (SSSR count). The molecule has 2 aromatic carbocycles. The molecule has 0 heterocycles. The molecule has 86 valence electrons. The van der Waals surface area contributed by atoms with E-state index in [9.17, 15) is 8.78 Å². The summed E-state index contributed by atoms with van der Waals surface area (Å²) in [5.41, 5.74) is 1.45. The first-order valence-corrected chi connectivity index (χ1v) is 5.07. The topological polar surface area (TPSA) is 20.2 Å². The van der Waals surface area contributed by atoms with E-state index in [0.29, 0.717) is 5.56 Å². The van der Waals surface area contributed by atoms with Crippen molar-refractivity contribution in [2.75, 3.05) is 0 Å². The summed E-state index contributed by atoms with van der Waals surface area (Å²) >= 11 is 0. The number of rotatable bonds is 2. The number of hydrogen-bond donors (Lipinski definition) is 1. The van der Waals surface area contributed by atoms with Gasteiger partial charge >= 0.3 is 0 Å². The zero-order valence-electron chi connectivity index (χ0n) is 8.90. The van der Waals surface area contributed by atoms with Crippen molar-refractivity contribution >= 4 is 12.2 Å². The van der Waals surface area contributed by atoms with Crippen LogP contribution in [0.3, 0.4) is 0 Å². The molecule has 0 saturated heterocycles. The van der Waals surface area contributed by atoms with Crippen molar-refractivity contribution in [3.63, 3.8) is 0 Å². The Kier molecular flexibility index (Phi) is 3.19. The van der Waals surface area contributed by atoms with E-state index in [1.165, 1.54) is 6.07 Å². The molecule has 0 aliphatic rings. The third-order valence-corrected chi connectivity index (χ3v) is 2.30. The van der Waals surface area contributed by atoms with Gasteiger partial charge in [0.15, 0.2) is 11.6 Å². The molecule has 0 atom stereocenters. The molecule has 0 radical (unpaired) electrons. The van der Waals surface area contributed by atoms with Crippen molar-refractivity contribution in [1.29, 1.82) is 0 Å². The summed E-state index contributed by atoms with van der Waals surface area (Å²) in [5.74, 6) is -1.53. The molecule has 0 bridgehead atoms. The standard InChI is InChI=1S/C14H10F2O/c15-13-8-5-11(9-14(13)16)2-1-10-3-6-12(17)7-4-10/h1-9,17H/b2-1+. The van der Waals surface area contributed by atoms with Gasteiger partial charge in [0.25, 0.3) is 0 Å². The molecule has 2 aromatic rings. The fraction of sp³-hybridized carbons (Fsp3) is 0.